The minimum absolute atomic E-state index is 0.307. The van der Waals surface area contributed by atoms with Gasteiger partial charge in [-0.05, 0) is 31.2 Å². The Balaban J connectivity index is 2.14. The maximum absolute atomic E-state index is 9.92. The molecule has 0 spiro atoms. The molecule has 1 N–H and O–H groups in total. The van der Waals surface area contributed by atoms with Gasteiger partial charge in [-0.2, -0.15) is 0 Å². The summed E-state index contributed by atoms with van der Waals surface area (Å²) in [6, 6.07) is 8.00. The molecule has 1 aromatic rings. The second-order valence-electron chi connectivity index (χ2n) is 5.63. The normalized spacial score (nSPS) is 27.9. The molecule has 0 radical (unpaired) electrons. The van der Waals surface area contributed by atoms with Crippen LogP contribution in [0.3, 0.4) is 0 Å². The summed E-state index contributed by atoms with van der Waals surface area (Å²) in [5, 5.41) is 9.92. The van der Waals surface area contributed by atoms with E-state index in [0.717, 1.165) is 30.5 Å². The van der Waals surface area contributed by atoms with Crippen molar-refractivity contribution in [2.24, 2.45) is 11.8 Å². The standard InChI is InChI=1S/C15H23NO/c1-11-8-12(2)10-16(9-11)13(3)14-6-4-5-7-15(14)17/h4-7,11-13,17H,8-10H2,1-3H3. The average Bonchev–Trinajstić information content (AvgIpc) is 2.27. The third-order valence-corrected chi connectivity index (χ3v) is 3.83. The van der Waals surface area contributed by atoms with E-state index in [4.69, 9.17) is 0 Å². The van der Waals surface area contributed by atoms with E-state index >= 15 is 0 Å². The first-order valence-electron chi connectivity index (χ1n) is 6.60. The average molecular weight is 233 g/mol. The molecule has 2 nitrogen and oxygen atoms in total. The van der Waals surface area contributed by atoms with Gasteiger partial charge in [-0.25, -0.2) is 0 Å². The van der Waals surface area contributed by atoms with Gasteiger partial charge in [-0.15, -0.1) is 0 Å². The number of piperidine rings is 1. The van der Waals surface area contributed by atoms with Crippen LogP contribution in [0, 0.1) is 11.8 Å². The van der Waals surface area contributed by atoms with Crippen LogP contribution in [0.2, 0.25) is 0 Å². The van der Waals surface area contributed by atoms with Crippen LogP contribution in [0.25, 0.3) is 0 Å². The van der Waals surface area contributed by atoms with Crippen LogP contribution in [-0.2, 0) is 0 Å². The third-order valence-electron chi connectivity index (χ3n) is 3.83. The van der Waals surface area contributed by atoms with Gasteiger partial charge in [-0.1, -0.05) is 32.0 Å². The van der Waals surface area contributed by atoms with Gasteiger partial charge in [0.25, 0.3) is 0 Å². The van der Waals surface area contributed by atoms with Gasteiger partial charge >= 0.3 is 0 Å². The van der Waals surface area contributed by atoms with Gasteiger partial charge in [0.05, 0.1) is 0 Å². The summed E-state index contributed by atoms with van der Waals surface area (Å²) in [7, 11) is 0. The number of likely N-dealkylation sites (tertiary alicyclic amines) is 1. The van der Waals surface area contributed by atoms with Crippen molar-refractivity contribution in [3.8, 4) is 5.75 Å². The van der Waals surface area contributed by atoms with Crippen LogP contribution in [-0.4, -0.2) is 23.1 Å². The molecule has 0 saturated carbocycles. The lowest BCUT2D eigenvalue weighted by molar-refractivity contribution is 0.102. The van der Waals surface area contributed by atoms with Crippen molar-refractivity contribution in [1.29, 1.82) is 0 Å². The van der Waals surface area contributed by atoms with Crippen molar-refractivity contribution in [3.05, 3.63) is 29.8 Å². The highest BCUT2D eigenvalue weighted by Gasteiger charge is 2.26. The molecule has 0 bridgehead atoms. The number of hydrogen-bond donors (Lipinski definition) is 1. The maximum atomic E-state index is 9.92. The summed E-state index contributed by atoms with van der Waals surface area (Å²) in [6.07, 6.45) is 1.32. The van der Waals surface area contributed by atoms with Crippen molar-refractivity contribution in [2.75, 3.05) is 13.1 Å². The van der Waals surface area contributed by atoms with Crippen molar-refractivity contribution in [3.63, 3.8) is 0 Å². The minimum Gasteiger partial charge on any atom is -0.508 e. The van der Waals surface area contributed by atoms with Crippen LogP contribution in [0.4, 0.5) is 0 Å². The molecule has 0 amide bonds. The third kappa shape index (κ3) is 2.81. The van der Waals surface area contributed by atoms with Crippen molar-refractivity contribution in [1.82, 2.24) is 4.90 Å². The van der Waals surface area contributed by atoms with Gasteiger partial charge in [0, 0.05) is 24.7 Å². The molecule has 1 aromatic carbocycles. The van der Waals surface area contributed by atoms with Gasteiger partial charge in [0.2, 0.25) is 0 Å². The number of benzene rings is 1. The molecule has 3 unspecified atom stereocenters. The van der Waals surface area contributed by atoms with E-state index in [1.165, 1.54) is 6.42 Å². The second-order valence-corrected chi connectivity index (χ2v) is 5.63. The van der Waals surface area contributed by atoms with E-state index < -0.39 is 0 Å². The number of aromatic hydroxyl groups is 1. The number of phenols is 1. The Morgan fingerprint density at radius 1 is 1.18 bits per heavy atom. The number of rotatable bonds is 2. The molecular formula is C15H23NO. The summed E-state index contributed by atoms with van der Waals surface area (Å²) in [4.78, 5) is 2.49. The predicted molar refractivity (Wildman–Crippen MR) is 71.0 cm³/mol. The molecule has 1 aliphatic heterocycles. The summed E-state index contributed by atoms with van der Waals surface area (Å²) in [6.45, 7) is 9.11. The van der Waals surface area contributed by atoms with Crippen LogP contribution < -0.4 is 0 Å². The lowest BCUT2D eigenvalue weighted by atomic mass is 9.90. The molecule has 0 aliphatic carbocycles. The van der Waals surface area contributed by atoms with E-state index in [9.17, 15) is 5.11 Å². The molecule has 3 atom stereocenters. The zero-order valence-electron chi connectivity index (χ0n) is 11.1. The molecule has 1 heterocycles. The molecule has 1 aliphatic rings. The van der Waals surface area contributed by atoms with Crippen LogP contribution in [0.5, 0.6) is 5.75 Å². The fourth-order valence-electron chi connectivity index (χ4n) is 3.06. The summed E-state index contributed by atoms with van der Waals surface area (Å²) < 4.78 is 0. The second kappa shape index (κ2) is 5.09. The fraction of sp³-hybridized carbons (Fsp3) is 0.600. The topological polar surface area (TPSA) is 23.5 Å². The zero-order chi connectivity index (χ0) is 12.4. The molecule has 94 valence electrons. The van der Waals surface area contributed by atoms with Crippen LogP contribution >= 0.6 is 0 Å². The van der Waals surface area contributed by atoms with E-state index in [0.29, 0.717) is 11.8 Å². The van der Waals surface area contributed by atoms with Crippen LogP contribution in [0.1, 0.15) is 38.8 Å². The van der Waals surface area contributed by atoms with E-state index in [1.54, 1.807) is 6.07 Å². The first-order valence-corrected chi connectivity index (χ1v) is 6.60. The van der Waals surface area contributed by atoms with E-state index in [-0.39, 0.29) is 0 Å². The van der Waals surface area contributed by atoms with Crippen molar-refractivity contribution >= 4 is 0 Å². The highest BCUT2D eigenvalue weighted by molar-refractivity contribution is 5.34. The Morgan fingerprint density at radius 2 is 1.76 bits per heavy atom. The largest absolute Gasteiger partial charge is 0.508 e. The number of nitrogens with zero attached hydrogens (tertiary/aromatic N) is 1. The lowest BCUT2D eigenvalue weighted by Gasteiger charge is -2.39. The quantitative estimate of drug-likeness (QED) is 0.846. The Bertz CT molecular complexity index is 367. The van der Waals surface area contributed by atoms with Gasteiger partial charge in [0.1, 0.15) is 5.75 Å². The fourth-order valence-corrected chi connectivity index (χ4v) is 3.06. The molecule has 1 saturated heterocycles. The summed E-state index contributed by atoms with van der Waals surface area (Å²) in [5.74, 6) is 1.94. The highest BCUT2D eigenvalue weighted by atomic mass is 16.3. The Morgan fingerprint density at radius 3 is 2.35 bits per heavy atom. The Kier molecular flexibility index (Phi) is 3.72. The SMILES string of the molecule is CC1CC(C)CN(C(C)c2ccccc2O)C1. The van der Waals surface area contributed by atoms with Gasteiger partial charge < -0.3 is 5.11 Å². The van der Waals surface area contributed by atoms with E-state index in [1.807, 2.05) is 18.2 Å². The van der Waals surface area contributed by atoms with Crippen molar-refractivity contribution in [2.45, 2.75) is 33.2 Å². The molecule has 1 fully saturated rings. The highest BCUT2D eigenvalue weighted by Crippen LogP contribution is 2.32. The Labute approximate surface area is 104 Å². The number of para-hydroxylation sites is 1. The number of phenolic OH excluding ortho intramolecular Hbond substituents is 1. The van der Waals surface area contributed by atoms with Gasteiger partial charge in [-0.3, -0.25) is 4.90 Å². The Hall–Kier alpha value is -1.02. The van der Waals surface area contributed by atoms with E-state index in [2.05, 4.69) is 25.7 Å². The molecule has 17 heavy (non-hydrogen) atoms. The first-order chi connectivity index (χ1) is 8.08. The smallest absolute Gasteiger partial charge is 0.120 e. The monoisotopic (exact) mass is 233 g/mol. The first kappa shape index (κ1) is 12.4. The predicted octanol–water partition coefficient (Wildman–Crippen LogP) is 3.43. The van der Waals surface area contributed by atoms with Crippen LogP contribution in [0.15, 0.2) is 24.3 Å². The maximum Gasteiger partial charge on any atom is 0.120 e. The summed E-state index contributed by atoms with van der Waals surface area (Å²) in [5.41, 5.74) is 1.05. The summed E-state index contributed by atoms with van der Waals surface area (Å²) >= 11 is 0. The van der Waals surface area contributed by atoms with Gasteiger partial charge in [0.15, 0.2) is 0 Å². The molecule has 2 heteroatoms. The van der Waals surface area contributed by atoms with Crippen molar-refractivity contribution < 1.29 is 5.11 Å². The zero-order valence-corrected chi connectivity index (χ0v) is 11.1. The molecule has 0 aromatic heterocycles. The lowest BCUT2D eigenvalue weighted by Crippen LogP contribution is -2.40. The molecule has 2 rings (SSSR count). The minimum atomic E-state index is 0.307. The number of hydrogen-bond acceptors (Lipinski definition) is 2. The molecular weight excluding hydrogens is 210 g/mol.